The van der Waals surface area contributed by atoms with Crippen LogP contribution in [-0.4, -0.2) is 32.6 Å². The van der Waals surface area contributed by atoms with E-state index in [4.69, 9.17) is 0 Å². The van der Waals surface area contributed by atoms with Gasteiger partial charge in [0.05, 0.1) is 11.7 Å². The van der Waals surface area contributed by atoms with E-state index < -0.39 is 17.3 Å². The summed E-state index contributed by atoms with van der Waals surface area (Å²) in [6.45, 7) is 9.63. The fourth-order valence-corrected chi connectivity index (χ4v) is 2.90. The van der Waals surface area contributed by atoms with E-state index in [1.54, 1.807) is 19.1 Å². The third-order valence-electron chi connectivity index (χ3n) is 4.86. The predicted octanol–water partition coefficient (Wildman–Crippen LogP) is 3.90. The lowest BCUT2D eigenvalue weighted by molar-refractivity contribution is -0.0697. The van der Waals surface area contributed by atoms with Crippen molar-refractivity contribution in [1.82, 2.24) is 0 Å². The van der Waals surface area contributed by atoms with Gasteiger partial charge in [0.15, 0.2) is 0 Å². The van der Waals surface area contributed by atoms with Crippen LogP contribution in [0.1, 0.15) is 66.7 Å². The van der Waals surface area contributed by atoms with E-state index in [1.165, 1.54) is 5.57 Å². The summed E-state index contributed by atoms with van der Waals surface area (Å²) < 4.78 is 0. The van der Waals surface area contributed by atoms with E-state index in [9.17, 15) is 15.3 Å². The predicted molar refractivity (Wildman–Crippen MR) is 96.2 cm³/mol. The second kappa shape index (κ2) is 8.27. The molecular weight excluding hydrogens is 288 g/mol. The quantitative estimate of drug-likeness (QED) is 0.642. The van der Waals surface area contributed by atoms with Gasteiger partial charge >= 0.3 is 0 Å². The van der Waals surface area contributed by atoms with Gasteiger partial charge < -0.3 is 15.3 Å². The van der Waals surface area contributed by atoms with Crippen molar-refractivity contribution in [2.45, 2.75) is 84.0 Å². The number of aliphatic hydroxyl groups excluding tert-OH is 1. The average molecular weight is 322 g/mol. The Morgan fingerprint density at radius 2 is 1.65 bits per heavy atom. The van der Waals surface area contributed by atoms with Gasteiger partial charge in [0.1, 0.15) is 5.60 Å². The minimum absolute atomic E-state index is 0.146. The van der Waals surface area contributed by atoms with Crippen LogP contribution in [0, 0.1) is 5.92 Å². The maximum absolute atomic E-state index is 10.9. The highest BCUT2D eigenvalue weighted by molar-refractivity contribution is 5.15. The highest BCUT2D eigenvalue weighted by Crippen LogP contribution is 2.29. The van der Waals surface area contributed by atoms with Gasteiger partial charge in [-0.2, -0.15) is 0 Å². The molecule has 3 nitrogen and oxygen atoms in total. The summed E-state index contributed by atoms with van der Waals surface area (Å²) in [6, 6.07) is 0. The van der Waals surface area contributed by atoms with Gasteiger partial charge in [-0.15, -0.1) is 0 Å². The van der Waals surface area contributed by atoms with Crippen LogP contribution in [0.4, 0.5) is 0 Å². The highest BCUT2D eigenvalue weighted by Gasteiger charge is 2.37. The molecule has 1 aliphatic rings. The Hall–Kier alpha value is -0.900. The second-order valence-electron chi connectivity index (χ2n) is 7.63. The molecule has 0 aromatic carbocycles. The summed E-state index contributed by atoms with van der Waals surface area (Å²) in [5, 5.41) is 32.0. The van der Waals surface area contributed by atoms with Crippen LogP contribution < -0.4 is 0 Å². The van der Waals surface area contributed by atoms with Gasteiger partial charge in [-0.3, -0.25) is 0 Å². The Kier molecular flexibility index (Phi) is 7.25. The summed E-state index contributed by atoms with van der Waals surface area (Å²) in [5.41, 5.74) is 0.0790. The van der Waals surface area contributed by atoms with Crippen LogP contribution in [0.25, 0.3) is 0 Å². The molecule has 23 heavy (non-hydrogen) atoms. The molecule has 0 aliphatic heterocycles. The Balaban J connectivity index is 3.13. The van der Waals surface area contributed by atoms with E-state index in [-0.39, 0.29) is 5.92 Å². The van der Waals surface area contributed by atoms with Crippen molar-refractivity contribution in [2.24, 2.45) is 5.92 Å². The molecule has 0 saturated carbocycles. The Morgan fingerprint density at radius 1 is 1.04 bits per heavy atom. The Bertz CT molecular complexity index is 471. The molecule has 0 aromatic rings. The number of hydrogen-bond donors (Lipinski definition) is 3. The lowest BCUT2D eigenvalue weighted by Crippen LogP contribution is -2.46. The first kappa shape index (κ1) is 20.1. The molecule has 3 heteroatoms. The molecular formula is C20H34O3. The SMILES string of the molecule is CC1=CCC[C@](C)(O)C=C[C@](O)(C(C)C)[C@H](O)CC(C)=CCC1. The third-order valence-corrected chi connectivity index (χ3v) is 4.86. The monoisotopic (exact) mass is 322 g/mol. The maximum Gasteiger partial charge on any atom is 0.111 e. The molecule has 0 spiro atoms. The molecule has 0 fully saturated rings. The normalized spacial score (nSPS) is 34.7. The molecule has 0 aromatic heterocycles. The van der Waals surface area contributed by atoms with Crippen molar-refractivity contribution in [2.75, 3.05) is 0 Å². The van der Waals surface area contributed by atoms with E-state index >= 15 is 0 Å². The minimum Gasteiger partial charge on any atom is -0.389 e. The summed E-state index contributed by atoms with van der Waals surface area (Å²) in [5.74, 6) is -0.146. The standard InChI is InChI=1S/C20H34O3/c1-15(2)20(23)13-12-19(5,22)11-7-10-16(3)8-6-9-17(4)14-18(20)21/h9-10,12-13,15,18,21-23H,6-8,11,14H2,1-5H3/t18-,19+,20+/m1/s1. The number of aliphatic hydroxyl groups is 3. The van der Waals surface area contributed by atoms with Crippen molar-refractivity contribution in [3.63, 3.8) is 0 Å². The molecule has 1 rings (SSSR count). The molecule has 0 heterocycles. The lowest BCUT2D eigenvalue weighted by atomic mass is 9.80. The molecule has 0 saturated heterocycles. The molecule has 0 amide bonds. The van der Waals surface area contributed by atoms with Crippen molar-refractivity contribution in [3.05, 3.63) is 35.5 Å². The van der Waals surface area contributed by atoms with Gasteiger partial charge in [-0.05, 0) is 58.8 Å². The van der Waals surface area contributed by atoms with Gasteiger partial charge in [-0.25, -0.2) is 0 Å². The van der Waals surface area contributed by atoms with Gasteiger partial charge in [0.25, 0.3) is 0 Å². The zero-order chi connectivity index (χ0) is 17.7. The fourth-order valence-electron chi connectivity index (χ4n) is 2.90. The largest absolute Gasteiger partial charge is 0.389 e. The van der Waals surface area contributed by atoms with Crippen molar-refractivity contribution in [3.8, 4) is 0 Å². The summed E-state index contributed by atoms with van der Waals surface area (Å²) >= 11 is 0. The first-order valence-electron chi connectivity index (χ1n) is 8.71. The van der Waals surface area contributed by atoms with Crippen molar-refractivity contribution < 1.29 is 15.3 Å². The van der Waals surface area contributed by atoms with Gasteiger partial charge in [-0.1, -0.05) is 49.3 Å². The molecule has 0 radical (unpaired) electrons. The van der Waals surface area contributed by atoms with E-state index in [1.807, 2.05) is 20.8 Å². The molecule has 0 bridgehead atoms. The van der Waals surface area contributed by atoms with E-state index in [0.717, 1.165) is 24.8 Å². The Morgan fingerprint density at radius 3 is 2.26 bits per heavy atom. The van der Waals surface area contributed by atoms with Crippen molar-refractivity contribution in [1.29, 1.82) is 0 Å². The molecule has 3 N–H and O–H groups in total. The third kappa shape index (κ3) is 6.25. The van der Waals surface area contributed by atoms with Crippen molar-refractivity contribution >= 4 is 0 Å². The maximum atomic E-state index is 10.9. The van der Waals surface area contributed by atoms with Gasteiger partial charge in [0, 0.05) is 0 Å². The summed E-state index contributed by atoms with van der Waals surface area (Å²) in [7, 11) is 0. The molecule has 3 atom stereocenters. The van der Waals surface area contributed by atoms with Crippen LogP contribution >= 0.6 is 0 Å². The van der Waals surface area contributed by atoms with Gasteiger partial charge in [0.2, 0.25) is 0 Å². The average Bonchev–Trinajstić information content (AvgIpc) is 2.43. The first-order chi connectivity index (χ1) is 10.6. The highest BCUT2D eigenvalue weighted by atomic mass is 16.3. The smallest absolute Gasteiger partial charge is 0.111 e. The van der Waals surface area contributed by atoms with E-state index in [0.29, 0.717) is 12.8 Å². The van der Waals surface area contributed by atoms with Crippen LogP contribution in [-0.2, 0) is 0 Å². The van der Waals surface area contributed by atoms with E-state index in [2.05, 4.69) is 19.1 Å². The first-order valence-corrected chi connectivity index (χ1v) is 8.71. The minimum atomic E-state index is -1.34. The molecule has 1 aliphatic carbocycles. The number of allylic oxidation sites excluding steroid dienone is 3. The topological polar surface area (TPSA) is 60.7 Å². The summed E-state index contributed by atoms with van der Waals surface area (Å²) in [4.78, 5) is 0. The zero-order valence-corrected chi connectivity index (χ0v) is 15.3. The second-order valence-corrected chi connectivity index (χ2v) is 7.63. The summed E-state index contributed by atoms with van der Waals surface area (Å²) in [6.07, 6.45) is 10.4. The molecule has 132 valence electrons. The van der Waals surface area contributed by atoms with Crippen LogP contribution in [0.5, 0.6) is 0 Å². The molecule has 0 unspecified atom stereocenters. The zero-order valence-electron chi connectivity index (χ0n) is 15.3. The Labute approximate surface area is 141 Å². The fraction of sp³-hybridized carbons (Fsp3) is 0.700. The lowest BCUT2D eigenvalue weighted by Gasteiger charge is -2.35. The number of rotatable bonds is 1. The number of hydrogen-bond acceptors (Lipinski definition) is 3. The van der Waals surface area contributed by atoms with Crippen LogP contribution in [0.15, 0.2) is 35.5 Å². The van der Waals surface area contributed by atoms with Crippen LogP contribution in [0.3, 0.4) is 0 Å². The van der Waals surface area contributed by atoms with Crippen LogP contribution in [0.2, 0.25) is 0 Å².